The van der Waals surface area contributed by atoms with Crippen LogP contribution in [0.1, 0.15) is 0 Å². The third kappa shape index (κ3) is 3.77. The zero-order valence-corrected chi connectivity index (χ0v) is 18.0. The molecule has 0 radical (unpaired) electrons. The predicted molar refractivity (Wildman–Crippen MR) is 118 cm³/mol. The Labute approximate surface area is 181 Å². The fourth-order valence-electron chi connectivity index (χ4n) is 3.55. The number of nitrogens with one attached hydrogen (secondary N) is 2. The highest BCUT2D eigenvalue weighted by molar-refractivity contribution is 7.91. The summed E-state index contributed by atoms with van der Waals surface area (Å²) in [7, 11) is -3.75. The largest absolute Gasteiger partial charge is 0.395 e. The van der Waals surface area contributed by atoms with Crippen molar-refractivity contribution in [3.05, 3.63) is 30.5 Å². The summed E-state index contributed by atoms with van der Waals surface area (Å²) >= 11 is 1.13. The number of sulfonamides is 1. The lowest BCUT2D eigenvalue weighted by Crippen LogP contribution is -2.36. The molecule has 0 saturated carbocycles. The maximum absolute atomic E-state index is 12.6. The molecule has 12 heteroatoms. The van der Waals surface area contributed by atoms with Crippen molar-refractivity contribution in [2.45, 2.75) is 4.21 Å². The summed E-state index contributed by atoms with van der Waals surface area (Å²) in [4.78, 5) is 11.7. The molecular weight excluding hydrogens is 440 g/mol. The van der Waals surface area contributed by atoms with E-state index in [1.54, 1.807) is 12.3 Å². The average molecular weight is 461 g/mol. The highest BCUT2D eigenvalue weighted by atomic mass is 32.2. The van der Waals surface area contributed by atoms with Gasteiger partial charge in [-0.15, -0.1) is 11.3 Å². The Morgan fingerprint density at radius 2 is 2.10 bits per heavy atom. The van der Waals surface area contributed by atoms with E-state index in [0.29, 0.717) is 48.2 Å². The van der Waals surface area contributed by atoms with Crippen molar-refractivity contribution in [3.8, 4) is 11.4 Å². The molecule has 31 heavy (non-hydrogen) atoms. The molecule has 1 aliphatic rings. The van der Waals surface area contributed by atoms with Crippen LogP contribution in [-0.2, 0) is 14.8 Å². The Balaban J connectivity index is 1.70. The number of aliphatic hydroxyl groups excluding tert-OH is 1. The van der Waals surface area contributed by atoms with Crippen LogP contribution < -0.4 is 9.62 Å². The van der Waals surface area contributed by atoms with E-state index >= 15 is 0 Å². The van der Waals surface area contributed by atoms with E-state index in [1.165, 1.54) is 0 Å². The summed E-state index contributed by atoms with van der Waals surface area (Å²) in [6, 6.07) is 7.31. The normalized spacial score (nSPS) is 15.2. The standard InChI is InChI=1S/C19H20N6O4S2/c26-7-4-21-31(27,28)16-10-15-17(30-16)19(25-5-8-29-9-6-25)23-18(22-15)12-2-1-3-14-13(12)11-20-24-14/h1-3,10-11,21,26H,4-9H2,(H,20,24). The Hall–Kier alpha value is -2.64. The first kappa shape index (κ1) is 20.3. The fraction of sp³-hybridized carbons (Fsp3) is 0.316. The molecule has 1 saturated heterocycles. The van der Waals surface area contributed by atoms with Crippen LogP contribution in [0.4, 0.5) is 5.82 Å². The summed E-state index contributed by atoms with van der Waals surface area (Å²) in [5.74, 6) is 1.20. The molecule has 4 aromatic rings. The zero-order chi connectivity index (χ0) is 21.4. The molecule has 0 amide bonds. The number of aromatic amines is 1. The van der Waals surface area contributed by atoms with E-state index in [4.69, 9.17) is 19.8 Å². The second-order valence-electron chi connectivity index (χ2n) is 7.01. The fourth-order valence-corrected chi connectivity index (χ4v) is 6.03. The summed E-state index contributed by atoms with van der Waals surface area (Å²) in [6.45, 7) is 2.14. The van der Waals surface area contributed by atoms with E-state index in [0.717, 1.165) is 27.8 Å². The van der Waals surface area contributed by atoms with E-state index in [-0.39, 0.29) is 17.4 Å². The average Bonchev–Trinajstić information content (AvgIpc) is 3.45. The van der Waals surface area contributed by atoms with Crippen molar-refractivity contribution in [3.63, 3.8) is 0 Å². The molecule has 10 nitrogen and oxygen atoms in total. The number of aliphatic hydroxyl groups is 1. The molecule has 0 unspecified atom stereocenters. The number of H-pyrrole nitrogens is 1. The molecule has 1 aliphatic heterocycles. The van der Waals surface area contributed by atoms with Gasteiger partial charge < -0.3 is 14.7 Å². The van der Waals surface area contributed by atoms with Gasteiger partial charge in [-0.05, 0) is 12.1 Å². The summed E-state index contributed by atoms with van der Waals surface area (Å²) < 4.78 is 34.0. The van der Waals surface area contributed by atoms with Crippen molar-refractivity contribution in [1.29, 1.82) is 0 Å². The van der Waals surface area contributed by atoms with Crippen molar-refractivity contribution in [1.82, 2.24) is 24.9 Å². The molecule has 0 bridgehead atoms. The van der Waals surface area contributed by atoms with Crippen LogP contribution in [0.5, 0.6) is 0 Å². The number of aromatic nitrogens is 4. The molecule has 5 rings (SSSR count). The van der Waals surface area contributed by atoms with Crippen LogP contribution in [0.3, 0.4) is 0 Å². The molecule has 4 heterocycles. The molecule has 0 aliphatic carbocycles. The topological polar surface area (TPSA) is 133 Å². The van der Waals surface area contributed by atoms with E-state index < -0.39 is 10.0 Å². The molecule has 162 valence electrons. The Morgan fingerprint density at radius 3 is 2.90 bits per heavy atom. The summed E-state index contributed by atoms with van der Waals surface area (Å²) in [5.41, 5.74) is 2.24. The van der Waals surface area contributed by atoms with E-state index in [1.807, 2.05) is 18.2 Å². The van der Waals surface area contributed by atoms with E-state index in [2.05, 4.69) is 19.8 Å². The molecule has 1 aromatic carbocycles. The number of morpholine rings is 1. The quantitative estimate of drug-likeness (QED) is 0.393. The number of thiophene rings is 1. The Morgan fingerprint density at radius 1 is 1.26 bits per heavy atom. The number of ether oxygens (including phenoxy) is 1. The van der Waals surface area contributed by atoms with Gasteiger partial charge in [0.05, 0.1) is 41.8 Å². The van der Waals surface area contributed by atoms with Gasteiger partial charge in [0.2, 0.25) is 10.0 Å². The minimum atomic E-state index is -3.75. The van der Waals surface area contributed by atoms with Gasteiger partial charge in [-0.3, -0.25) is 5.10 Å². The lowest BCUT2D eigenvalue weighted by molar-refractivity contribution is 0.122. The number of fused-ring (bicyclic) bond motifs is 2. The third-order valence-electron chi connectivity index (χ3n) is 5.04. The van der Waals surface area contributed by atoms with Crippen LogP contribution in [0.15, 0.2) is 34.7 Å². The number of hydrogen-bond acceptors (Lipinski definition) is 9. The maximum atomic E-state index is 12.6. The van der Waals surface area contributed by atoms with Crippen LogP contribution in [0.25, 0.3) is 32.5 Å². The summed E-state index contributed by atoms with van der Waals surface area (Å²) in [6.07, 6.45) is 1.73. The van der Waals surface area contributed by atoms with Crippen molar-refractivity contribution < 1.29 is 18.3 Å². The second-order valence-corrected chi connectivity index (χ2v) is 10.1. The second kappa shape index (κ2) is 8.13. The number of rotatable bonds is 6. The number of nitrogens with zero attached hydrogens (tertiary/aromatic N) is 4. The molecule has 0 atom stereocenters. The molecule has 3 aromatic heterocycles. The zero-order valence-electron chi connectivity index (χ0n) is 16.4. The van der Waals surface area contributed by atoms with Gasteiger partial charge in [0.1, 0.15) is 4.21 Å². The van der Waals surface area contributed by atoms with Gasteiger partial charge in [-0.25, -0.2) is 23.1 Å². The minimum Gasteiger partial charge on any atom is -0.395 e. The molecule has 3 N–H and O–H groups in total. The van der Waals surface area contributed by atoms with Crippen LogP contribution >= 0.6 is 11.3 Å². The molecular formula is C19H20N6O4S2. The minimum absolute atomic E-state index is 0.0493. The van der Waals surface area contributed by atoms with Gasteiger partial charge >= 0.3 is 0 Å². The van der Waals surface area contributed by atoms with Gasteiger partial charge in [-0.2, -0.15) is 5.10 Å². The number of benzene rings is 1. The first-order valence-electron chi connectivity index (χ1n) is 9.74. The first-order valence-corrected chi connectivity index (χ1v) is 12.0. The SMILES string of the molecule is O=S(=O)(NCCO)c1cc2nc(-c3cccc4[nH]ncc34)nc(N3CCOCC3)c2s1. The first-order chi connectivity index (χ1) is 15.1. The molecule has 0 spiro atoms. The van der Waals surface area contributed by atoms with Gasteiger partial charge in [0, 0.05) is 30.6 Å². The highest BCUT2D eigenvalue weighted by Crippen LogP contribution is 2.37. The third-order valence-corrected chi connectivity index (χ3v) is 8.09. The maximum Gasteiger partial charge on any atom is 0.250 e. The van der Waals surface area contributed by atoms with Gasteiger partial charge in [0.25, 0.3) is 0 Å². The van der Waals surface area contributed by atoms with E-state index in [9.17, 15) is 8.42 Å². The Bertz CT molecular complexity index is 1340. The molecule has 1 fully saturated rings. The van der Waals surface area contributed by atoms with Crippen LogP contribution in [0.2, 0.25) is 0 Å². The van der Waals surface area contributed by atoms with Gasteiger partial charge in [0.15, 0.2) is 11.6 Å². The number of anilines is 1. The predicted octanol–water partition coefficient (Wildman–Crippen LogP) is 1.34. The lowest BCUT2D eigenvalue weighted by Gasteiger charge is -2.28. The van der Waals surface area contributed by atoms with Crippen LogP contribution in [-0.4, -0.2) is 73.1 Å². The monoisotopic (exact) mass is 460 g/mol. The lowest BCUT2D eigenvalue weighted by atomic mass is 10.1. The van der Waals surface area contributed by atoms with Crippen LogP contribution in [0, 0.1) is 0 Å². The van der Waals surface area contributed by atoms with Crippen molar-refractivity contribution in [2.75, 3.05) is 44.4 Å². The Kier molecular flexibility index (Phi) is 5.32. The smallest absolute Gasteiger partial charge is 0.250 e. The summed E-state index contributed by atoms with van der Waals surface area (Å²) in [5, 5.41) is 16.9. The van der Waals surface area contributed by atoms with Crippen molar-refractivity contribution in [2.24, 2.45) is 0 Å². The number of hydrogen-bond donors (Lipinski definition) is 3. The van der Waals surface area contributed by atoms with Crippen molar-refractivity contribution >= 4 is 48.3 Å². The highest BCUT2D eigenvalue weighted by Gasteiger charge is 2.24. The van der Waals surface area contributed by atoms with Gasteiger partial charge in [-0.1, -0.05) is 12.1 Å².